The molecule has 2 heteroatoms. The van der Waals surface area contributed by atoms with Crippen LogP contribution in [0.4, 0.5) is 0 Å². The van der Waals surface area contributed by atoms with Gasteiger partial charge in [0.25, 0.3) is 0 Å². The van der Waals surface area contributed by atoms with Crippen LogP contribution in [-0.4, -0.2) is 37.6 Å². The van der Waals surface area contributed by atoms with E-state index in [9.17, 15) is 0 Å². The molecule has 0 fully saturated rings. The van der Waals surface area contributed by atoms with E-state index in [1.165, 1.54) is 77.3 Å². The molecule has 106 valence electrons. The fourth-order valence-electron chi connectivity index (χ4n) is 2.95. The lowest BCUT2D eigenvalue weighted by Gasteiger charge is -2.04. The zero-order valence-electron chi connectivity index (χ0n) is 12.9. The third-order valence-electron chi connectivity index (χ3n) is 4.29. The topological polar surface area (TPSA) is 7.45 Å². The number of rotatable bonds is 10. The van der Waals surface area contributed by atoms with Gasteiger partial charge in [-0.1, -0.05) is 58.3 Å². The molecule has 0 aromatic carbocycles. The molecule has 1 aliphatic rings. The SMILES string of the molecule is CCCCCCCCCCCC1=[N+](C)CC[NH+]1C. The smallest absolute Gasteiger partial charge is 0.248 e. The molecule has 0 spiro atoms. The Morgan fingerprint density at radius 2 is 1.50 bits per heavy atom. The van der Waals surface area contributed by atoms with Crippen molar-refractivity contribution in [2.45, 2.75) is 71.1 Å². The van der Waals surface area contributed by atoms with E-state index in [1.54, 1.807) is 10.7 Å². The molecule has 1 unspecified atom stereocenters. The van der Waals surface area contributed by atoms with Gasteiger partial charge in [-0.2, -0.15) is 4.58 Å². The fraction of sp³-hybridized carbons (Fsp3) is 0.938. The van der Waals surface area contributed by atoms with Crippen molar-refractivity contribution in [3.05, 3.63) is 0 Å². The van der Waals surface area contributed by atoms with E-state index in [-0.39, 0.29) is 0 Å². The van der Waals surface area contributed by atoms with E-state index in [2.05, 4.69) is 25.6 Å². The van der Waals surface area contributed by atoms with Gasteiger partial charge in [0.05, 0.1) is 13.5 Å². The van der Waals surface area contributed by atoms with Crippen molar-refractivity contribution in [1.29, 1.82) is 0 Å². The van der Waals surface area contributed by atoms with Crippen LogP contribution in [-0.2, 0) is 0 Å². The van der Waals surface area contributed by atoms with Gasteiger partial charge in [0.2, 0.25) is 0 Å². The number of hydrogen-bond acceptors (Lipinski definition) is 0. The summed E-state index contributed by atoms with van der Waals surface area (Å²) in [7, 11) is 4.56. The van der Waals surface area contributed by atoms with E-state index in [1.807, 2.05) is 0 Å². The summed E-state index contributed by atoms with van der Waals surface area (Å²) in [6.07, 6.45) is 14.2. The molecule has 0 bridgehead atoms. The number of nitrogens with zero attached hydrogens (tertiary/aromatic N) is 1. The summed E-state index contributed by atoms with van der Waals surface area (Å²) in [6, 6.07) is 0. The van der Waals surface area contributed by atoms with Gasteiger partial charge in [0, 0.05) is 0 Å². The Morgan fingerprint density at radius 3 is 2.00 bits per heavy atom. The molecule has 1 heterocycles. The van der Waals surface area contributed by atoms with Crippen LogP contribution in [0.1, 0.15) is 71.1 Å². The fourth-order valence-corrected chi connectivity index (χ4v) is 2.95. The second-order valence-corrected chi connectivity index (χ2v) is 5.98. The number of quaternary nitrogens is 1. The first-order valence-corrected chi connectivity index (χ1v) is 8.15. The molecule has 2 nitrogen and oxygen atoms in total. The molecule has 0 saturated carbocycles. The lowest BCUT2D eigenvalue weighted by Crippen LogP contribution is -3.10. The van der Waals surface area contributed by atoms with Crippen LogP contribution in [0.15, 0.2) is 0 Å². The average molecular weight is 254 g/mol. The molecule has 0 amide bonds. The lowest BCUT2D eigenvalue weighted by molar-refractivity contribution is -0.779. The second kappa shape index (κ2) is 9.55. The minimum Gasteiger partial charge on any atom is -0.248 e. The summed E-state index contributed by atoms with van der Waals surface area (Å²) < 4.78 is 2.46. The highest BCUT2D eigenvalue weighted by Gasteiger charge is 2.28. The lowest BCUT2D eigenvalue weighted by atomic mass is 10.1. The van der Waals surface area contributed by atoms with E-state index >= 15 is 0 Å². The maximum atomic E-state index is 2.46. The summed E-state index contributed by atoms with van der Waals surface area (Å²) in [5.41, 5.74) is 0. The normalized spacial score (nSPS) is 19.8. The van der Waals surface area contributed by atoms with Crippen molar-refractivity contribution >= 4 is 5.84 Å². The summed E-state index contributed by atoms with van der Waals surface area (Å²) >= 11 is 0. The summed E-state index contributed by atoms with van der Waals surface area (Å²) in [5.74, 6) is 1.64. The molecule has 0 aromatic rings. The Hall–Kier alpha value is -0.370. The maximum absolute atomic E-state index is 2.46. The number of hydrogen-bond donors (Lipinski definition) is 1. The average Bonchev–Trinajstić information content (AvgIpc) is 2.68. The molecular weight excluding hydrogens is 220 g/mol. The Morgan fingerprint density at radius 1 is 0.944 bits per heavy atom. The van der Waals surface area contributed by atoms with Gasteiger partial charge in [0.15, 0.2) is 6.54 Å². The van der Waals surface area contributed by atoms with Crippen molar-refractivity contribution in [1.82, 2.24) is 0 Å². The van der Waals surface area contributed by atoms with Crippen molar-refractivity contribution in [3.63, 3.8) is 0 Å². The predicted molar refractivity (Wildman–Crippen MR) is 79.7 cm³/mol. The zero-order chi connectivity index (χ0) is 13.2. The van der Waals surface area contributed by atoms with E-state index in [4.69, 9.17) is 0 Å². The number of likely N-dealkylation sites (N-methyl/N-ethyl adjacent to an activating group) is 2. The molecule has 1 N–H and O–H groups in total. The van der Waals surface area contributed by atoms with E-state index in [0.29, 0.717) is 0 Å². The Bertz CT molecular complexity index is 245. The Kier molecular flexibility index (Phi) is 8.32. The van der Waals surface area contributed by atoms with Crippen LogP contribution >= 0.6 is 0 Å². The predicted octanol–water partition coefficient (Wildman–Crippen LogP) is 2.48. The molecule has 0 radical (unpaired) electrons. The van der Waals surface area contributed by atoms with Crippen molar-refractivity contribution < 1.29 is 9.48 Å². The van der Waals surface area contributed by atoms with Gasteiger partial charge in [-0.3, -0.25) is 0 Å². The van der Waals surface area contributed by atoms with Crippen LogP contribution in [0.3, 0.4) is 0 Å². The Balaban J connectivity index is 1.91. The van der Waals surface area contributed by atoms with Crippen molar-refractivity contribution in [2.75, 3.05) is 27.2 Å². The monoisotopic (exact) mass is 254 g/mol. The van der Waals surface area contributed by atoms with E-state index < -0.39 is 0 Å². The quantitative estimate of drug-likeness (QED) is 0.452. The summed E-state index contributed by atoms with van der Waals surface area (Å²) in [5, 5.41) is 0. The van der Waals surface area contributed by atoms with Crippen molar-refractivity contribution in [2.24, 2.45) is 0 Å². The first kappa shape index (κ1) is 15.7. The van der Waals surface area contributed by atoms with Crippen LogP contribution in [0.25, 0.3) is 0 Å². The van der Waals surface area contributed by atoms with Gasteiger partial charge < -0.3 is 0 Å². The molecule has 0 saturated heterocycles. The number of unbranched alkanes of at least 4 members (excludes halogenated alkanes) is 8. The third-order valence-corrected chi connectivity index (χ3v) is 4.29. The first-order valence-electron chi connectivity index (χ1n) is 8.15. The number of amidine groups is 1. The Labute approximate surface area is 114 Å². The molecular formula is C16H34N2+2. The highest BCUT2D eigenvalue weighted by atomic mass is 15.3. The largest absolute Gasteiger partial charge is 0.336 e. The molecule has 1 aliphatic heterocycles. The van der Waals surface area contributed by atoms with Gasteiger partial charge in [0.1, 0.15) is 13.6 Å². The number of nitrogens with one attached hydrogen (secondary N) is 1. The third kappa shape index (κ3) is 5.99. The van der Waals surface area contributed by atoms with Crippen LogP contribution in [0.2, 0.25) is 0 Å². The molecule has 18 heavy (non-hydrogen) atoms. The van der Waals surface area contributed by atoms with Crippen LogP contribution in [0, 0.1) is 0 Å². The molecule has 0 aliphatic carbocycles. The highest BCUT2D eigenvalue weighted by Crippen LogP contribution is 2.10. The standard InChI is InChI=1S/C16H33N2/c1-4-5-6-7-8-9-10-11-12-13-16-17(2)14-15-18(16)3/h4-15H2,1-3H3/q+1/p+1. The minimum absolute atomic E-state index is 1.25. The second-order valence-electron chi connectivity index (χ2n) is 5.98. The van der Waals surface area contributed by atoms with Crippen LogP contribution in [0.5, 0.6) is 0 Å². The van der Waals surface area contributed by atoms with Gasteiger partial charge in [-0.15, -0.1) is 0 Å². The van der Waals surface area contributed by atoms with Gasteiger partial charge >= 0.3 is 5.84 Å². The van der Waals surface area contributed by atoms with Crippen molar-refractivity contribution in [3.8, 4) is 0 Å². The van der Waals surface area contributed by atoms with Gasteiger partial charge in [-0.25, -0.2) is 4.90 Å². The zero-order valence-corrected chi connectivity index (χ0v) is 12.9. The first-order chi connectivity index (χ1) is 8.75. The minimum atomic E-state index is 1.25. The maximum Gasteiger partial charge on any atom is 0.336 e. The summed E-state index contributed by atoms with van der Waals surface area (Å²) in [6.45, 7) is 4.83. The molecule has 1 rings (SSSR count). The molecule has 1 atom stereocenters. The van der Waals surface area contributed by atoms with Gasteiger partial charge in [-0.05, 0) is 6.42 Å². The van der Waals surface area contributed by atoms with E-state index in [0.717, 1.165) is 0 Å². The van der Waals surface area contributed by atoms with Crippen LogP contribution < -0.4 is 4.90 Å². The highest BCUT2D eigenvalue weighted by molar-refractivity contribution is 5.68. The molecule has 0 aromatic heterocycles. The summed E-state index contributed by atoms with van der Waals surface area (Å²) in [4.78, 5) is 1.64.